The topological polar surface area (TPSA) is 18.5 Å². The van der Waals surface area contributed by atoms with Crippen LogP contribution in [-0.2, 0) is 6.42 Å². The van der Waals surface area contributed by atoms with Crippen LogP contribution in [0, 0.1) is 0 Å². The molecule has 0 radical (unpaired) electrons. The smallest absolute Gasteiger partial charge is 0.127 e. The molecule has 0 aliphatic carbocycles. The van der Waals surface area contributed by atoms with E-state index in [1.165, 1.54) is 5.56 Å². The minimum absolute atomic E-state index is 0.273. The maximum Gasteiger partial charge on any atom is 0.127 e. The number of benzene rings is 1. The van der Waals surface area contributed by atoms with Gasteiger partial charge in [-0.15, -0.1) is 0 Å². The van der Waals surface area contributed by atoms with Gasteiger partial charge in [0, 0.05) is 17.5 Å². The number of rotatable bonds is 3. The Kier molecular flexibility index (Phi) is 2.67. The monoisotopic (exact) mass is 204 g/mol. The van der Waals surface area contributed by atoms with Crippen molar-refractivity contribution < 1.29 is 9.47 Å². The van der Waals surface area contributed by atoms with Crippen LogP contribution in [0.1, 0.15) is 25.0 Å². The Morgan fingerprint density at radius 1 is 1.60 bits per heavy atom. The van der Waals surface area contributed by atoms with Crippen molar-refractivity contribution in [2.24, 2.45) is 0 Å². The molecule has 0 fully saturated rings. The summed E-state index contributed by atoms with van der Waals surface area (Å²) in [5.41, 5.74) is 2.24. The van der Waals surface area contributed by atoms with Gasteiger partial charge in [-0.1, -0.05) is 12.7 Å². The van der Waals surface area contributed by atoms with Crippen LogP contribution < -0.4 is 9.47 Å². The van der Waals surface area contributed by atoms with Crippen molar-refractivity contribution in [1.82, 2.24) is 0 Å². The molecule has 1 atom stereocenters. The molecule has 2 heteroatoms. The molecule has 0 saturated heterocycles. The second-order valence-corrected chi connectivity index (χ2v) is 3.77. The Labute approximate surface area is 90.5 Å². The van der Waals surface area contributed by atoms with Crippen molar-refractivity contribution >= 4 is 6.08 Å². The van der Waals surface area contributed by atoms with Crippen molar-refractivity contribution in [3.8, 4) is 11.5 Å². The first-order valence-electron chi connectivity index (χ1n) is 5.33. The molecule has 0 amide bonds. The zero-order valence-electron chi connectivity index (χ0n) is 9.25. The van der Waals surface area contributed by atoms with Crippen molar-refractivity contribution in [2.75, 3.05) is 6.61 Å². The average Bonchev–Trinajstić information content (AvgIpc) is 2.56. The predicted octanol–water partition coefficient (Wildman–Crippen LogP) is 3.05. The molecule has 1 aromatic carbocycles. The Hall–Kier alpha value is -1.44. The summed E-state index contributed by atoms with van der Waals surface area (Å²) in [6, 6.07) is 4.08. The van der Waals surface area contributed by atoms with Crippen LogP contribution >= 0.6 is 0 Å². The molecule has 15 heavy (non-hydrogen) atoms. The van der Waals surface area contributed by atoms with Crippen molar-refractivity contribution in [3.63, 3.8) is 0 Å². The molecule has 0 aromatic heterocycles. The third kappa shape index (κ3) is 1.84. The first-order chi connectivity index (χ1) is 7.24. The van der Waals surface area contributed by atoms with Gasteiger partial charge in [-0.3, -0.25) is 0 Å². The summed E-state index contributed by atoms with van der Waals surface area (Å²) in [7, 11) is 0. The lowest BCUT2D eigenvalue weighted by Crippen LogP contribution is -2.05. The van der Waals surface area contributed by atoms with Gasteiger partial charge in [0.1, 0.15) is 17.6 Å². The number of hydrogen-bond donors (Lipinski definition) is 0. The maximum atomic E-state index is 5.68. The van der Waals surface area contributed by atoms with Gasteiger partial charge in [0.05, 0.1) is 6.61 Å². The van der Waals surface area contributed by atoms with E-state index in [1.807, 2.05) is 13.0 Å². The fourth-order valence-electron chi connectivity index (χ4n) is 1.90. The molecule has 0 saturated carbocycles. The van der Waals surface area contributed by atoms with Gasteiger partial charge in [-0.2, -0.15) is 0 Å². The van der Waals surface area contributed by atoms with E-state index in [1.54, 1.807) is 6.08 Å². The summed E-state index contributed by atoms with van der Waals surface area (Å²) < 4.78 is 11.2. The molecular formula is C13H16O2. The second-order valence-electron chi connectivity index (χ2n) is 3.77. The van der Waals surface area contributed by atoms with Crippen molar-refractivity contribution in [2.45, 2.75) is 26.4 Å². The molecule has 0 spiro atoms. The van der Waals surface area contributed by atoms with Gasteiger partial charge < -0.3 is 9.47 Å². The van der Waals surface area contributed by atoms with Gasteiger partial charge >= 0.3 is 0 Å². The van der Waals surface area contributed by atoms with Crippen molar-refractivity contribution in [1.29, 1.82) is 0 Å². The zero-order chi connectivity index (χ0) is 10.8. The summed E-state index contributed by atoms with van der Waals surface area (Å²) in [5, 5.41) is 0. The SMILES string of the molecule is C=Cc1cc2c(cc1OCC)CC(C)O2. The highest BCUT2D eigenvalue weighted by atomic mass is 16.5. The maximum absolute atomic E-state index is 5.68. The van der Waals surface area contributed by atoms with Gasteiger partial charge in [0.25, 0.3) is 0 Å². The van der Waals surface area contributed by atoms with E-state index in [0.717, 1.165) is 23.5 Å². The van der Waals surface area contributed by atoms with Crippen LogP contribution in [0.3, 0.4) is 0 Å². The lowest BCUT2D eigenvalue weighted by Gasteiger charge is -2.09. The Morgan fingerprint density at radius 3 is 3.07 bits per heavy atom. The molecule has 1 unspecified atom stereocenters. The first-order valence-corrected chi connectivity index (χ1v) is 5.33. The molecule has 1 aromatic rings. The molecular weight excluding hydrogens is 188 g/mol. The summed E-state index contributed by atoms with van der Waals surface area (Å²) in [6.07, 6.45) is 3.04. The minimum atomic E-state index is 0.273. The Bertz CT molecular complexity index is 382. The van der Waals surface area contributed by atoms with Crippen LogP contribution in [0.25, 0.3) is 6.08 Å². The number of ether oxygens (including phenoxy) is 2. The van der Waals surface area contributed by atoms with E-state index < -0.39 is 0 Å². The molecule has 0 bridgehead atoms. The molecule has 2 nitrogen and oxygen atoms in total. The Morgan fingerprint density at radius 2 is 2.40 bits per heavy atom. The van der Waals surface area contributed by atoms with Gasteiger partial charge in [-0.25, -0.2) is 0 Å². The largest absolute Gasteiger partial charge is 0.493 e. The molecule has 0 N–H and O–H groups in total. The van der Waals surface area contributed by atoms with Crippen LogP contribution in [0.5, 0.6) is 11.5 Å². The summed E-state index contributed by atoms with van der Waals surface area (Å²) in [4.78, 5) is 0. The highest BCUT2D eigenvalue weighted by Gasteiger charge is 2.20. The molecule has 2 rings (SSSR count). The van der Waals surface area contributed by atoms with Crippen LogP contribution in [0.4, 0.5) is 0 Å². The van der Waals surface area contributed by atoms with Crippen LogP contribution in [-0.4, -0.2) is 12.7 Å². The summed E-state index contributed by atoms with van der Waals surface area (Å²) in [5.74, 6) is 1.88. The standard InChI is InChI=1S/C13H16O2/c1-4-10-7-13-11(6-9(3)15-13)8-12(10)14-5-2/h4,7-9H,1,5-6H2,2-3H3. The van der Waals surface area contributed by atoms with Crippen LogP contribution in [0.15, 0.2) is 18.7 Å². The van der Waals surface area contributed by atoms with Gasteiger partial charge in [-0.05, 0) is 26.0 Å². The van der Waals surface area contributed by atoms with E-state index in [4.69, 9.17) is 9.47 Å². The quantitative estimate of drug-likeness (QED) is 0.753. The molecule has 1 aliphatic rings. The molecule has 80 valence electrons. The van der Waals surface area contributed by atoms with E-state index >= 15 is 0 Å². The third-order valence-corrected chi connectivity index (χ3v) is 2.55. The van der Waals surface area contributed by atoms with Crippen molar-refractivity contribution in [3.05, 3.63) is 29.8 Å². The Balaban J connectivity index is 2.41. The second kappa shape index (κ2) is 3.97. The predicted molar refractivity (Wildman–Crippen MR) is 61.5 cm³/mol. The minimum Gasteiger partial charge on any atom is -0.493 e. The number of fused-ring (bicyclic) bond motifs is 1. The van der Waals surface area contributed by atoms with E-state index in [0.29, 0.717) is 6.61 Å². The van der Waals surface area contributed by atoms with Crippen LogP contribution in [0.2, 0.25) is 0 Å². The zero-order valence-corrected chi connectivity index (χ0v) is 9.25. The van der Waals surface area contributed by atoms with E-state index in [2.05, 4.69) is 19.6 Å². The lowest BCUT2D eigenvalue weighted by atomic mass is 10.1. The highest BCUT2D eigenvalue weighted by Crippen LogP contribution is 2.35. The summed E-state index contributed by atoms with van der Waals surface area (Å²) in [6.45, 7) is 8.52. The van der Waals surface area contributed by atoms with E-state index in [-0.39, 0.29) is 6.10 Å². The fourth-order valence-corrected chi connectivity index (χ4v) is 1.90. The third-order valence-electron chi connectivity index (χ3n) is 2.55. The molecule has 1 heterocycles. The normalized spacial score (nSPS) is 18.1. The molecule has 1 aliphatic heterocycles. The fraction of sp³-hybridized carbons (Fsp3) is 0.385. The summed E-state index contributed by atoms with van der Waals surface area (Å²) >= 11 is 0. The number of hydrogen-bond acceptors (Lipinski definition) is 2. The average molecular weight is 204 g/mol. The van der Waals surface area contributed by atoms with E-state index in [9.17, 15) is 0 Å². The first kappa shape index (κ1) is 10.1. The lowest BCUT2D eigenvalue weighted by molar-refractivity contribution is 0.254. The highest BCUT2D eigenvalue weighted by molar-refractivity contribution is 5.61. The van der Waals surface area contributed by atoms with Gasteiger partial charge in [0.15, 0.2) is 0 Å². The van der Waals surface area contributed by atoms with Gasteiger partial charge in [0.2, 0.25) is 0 Å².